The van der Waals surface area contributed by atoms with E-state index in [9.17, 15) is 4.79 Å². The lowest BCUT2D eigenvalue weighted by Crippen LogP contribution is -2.37. The third-order valence-electron chi connectivity index (χ3n) is 3.15. The molecule has 19 heavy (non-hydrogen) atoms. The highest BCUT2D eigenvalue weighted by Gasteiger charge is 2.16. The van der Waals surface area contributed by atoms with Crippen LogP contribution in [0.4, 0.5) is 0 Å². The van der Waals surface area contributed by atoms with E-state index in [2.05, 4.69) is 0 Å². The number of hydrogen-bond donors (Lipinski definition) is 1. The van der Waals surface area contributed by atoms with E-state index in [1.54, 1.807) is 18.7 Å². The summed E-state index contributed by atoms with van der Waals surface area (Å²) in [5.41, 5.74) is 7.22. The third-order valence-corrected chi connectivity index (χ3v) is 3.15. The first-order chi connectivity index (χ1) is 8.81. The minimum absolute atomic E-state index is 0.000668. The Kier molecular flexibility index (Phi) is 3.37. The molecule has 1 aromatic heterocycles. The average molecular weight is 260 g/mol. The topological polar surface area (TPSA) is 57.2 Å². The predicted octanol–water partition coefficient (Wildman–Crippen LogP) is 1.83. The van der Waals surface area contributed by atoms with Crippen molar-refractivity contribution in [3.05, 3.63) is 40.2 Å². The van der Waals surface area contributed by atoms with Crippen molar-refractivity contribution in [1.82, 2.24) is 4.57 Å². The number of hydrogen-bond acceptors (Lipinski definition) is 3. The molecular formula is C15H20N2O2. The van der Waals surface area contributed by atoms with Gasteiger partial charge in [0.2, 0.25) is 0 Å². The molecule has 4 heteroatoms. The number of rotatable bonds is 3. The van der Waals surface area contributed by atoms with Gasteiger partial charge in [-0.2, -0.15) is 0 Å². The zero-order valence-corrected chi connectivity index (χ0v) is 11.9. The molecule has 0 saturated carbocycles. The van der Waals surface area contributed by atoms with Crippen LogP contribution in [-0.2, 0) is 13.5 Å². The summed E-state index contributed by atoms with van der Waals surface area (Å²) in [5.74, 6) is 0.745. The lowest BCUT2D eigenvalue weighted by molar-refractivity contribution is 0.415. The number of aromatic nitrogens is 1. The van der Waals surface area contributed by atoms with Gasteiger partial charge in [0.05, 0.1) is 12.6 Å². The second-order valence-corrected chi connectivity index (χ2v) is 5.62. The monoisotopic (exact) mass is 260 g/mol. The zero-order valence-electron chi connectivity index (χ0n) is 11.9. The van der Waals surface area contributed by atoms with Crippen LogP contribution in [0.2, 0.25) is 0 Å². The Labute approximate surface area is 112 Å². The highest BCUT2D eigenvalue weighted by Crippen LogP contribution is 2.20. The molecule has 0 fully saturated rings. The fourth-order valence-corrected chi connectivity index (χ4v) is 2.25. The van der Waals surface area contributed by atoms with E-state index in [-0.39, 0.29) is 5.56 Å². The van der Waals surface area contributed by atoms with Crippen LogP contribution in [0.3, 0.4) is 0 Å². The number of ether oxygens (including phenoxy) is 1. The second kappa shape index (κ2) is 4.70. The van der Waals surface area contributed by atoms with E-state index < -0.39 is 5.54 Å². The Bertz CT molecular complexity index is 666. The number of pyridine rings is 1. The molecule has 0 amide bonds. The van der Waals surface area contributed by atoms with E-state index >= 15 is 0 Å². The second-order valence-electron chi connectivity index (χ2n) is 5.62. The predicted molar refractivity (Wildman–Crippen MR) is 77.7 cm³/mol. The Hall–Kier alpha value is -1.81. The summed E-state index contributed by atoms with van der Waals surface area (Å²) < 4.78 is 6.84. The van der Waals surface area contributed by atoms with Gasteiger partial charge in [0.25, 0.3) is 5.56 Å². The van der Waals surface area contributed by atoms with Crippen molar-refractivity contribution in [2.75, 3.05) is 7.11 Å². The summed E-state index contributed by atoms with van der Waals surface area (Å²) >= 11 is 0. The van der Waals surface area contributed by atoms with Gasteiger partial charge in [0.15, 0.2) is 0 Å². The summed E-state index contributed by atoms with van der Waals surface area (Å²) in [4.78, 5) is 12.3. The molecule has 0 unspecified atom stereocenters. The van der Waals surface area contributed by atoms with Crippen molar-refractivity contribution in [3.8, 4) is 5.75 Å². The van der Waals surface area contributed by atoms with E-state index in [1.165, 1.54) is 0 Å². The van der Waals surface area contributed by atoms with Crippen LogP contribution < -0.4 is 16.0 Å². The fourth-order valence-electron chi connectivity index (χ4n) is 2.25. The summed E-state index contributed by atoms with van der Waals surface area (Å²) in [7, 11) is 3.39. The maximum Gasteiger partial charge on any atom is 0.254 e. The van der Waals surface area contributed by atoms with Crippen molar-refractivity contribution in [1.29, 1.82) is 0 Å². The van der Waals surface area contributed by atoms with Crippen LogP contribution in [0.5, 0.6) is 5.75 Å². The molecule has 1 aromatic carbocycles. The van der Waals surface area contributed by atoms with E-state index in [0.29, 0.717) is 6.42 Å². The van der Waals surface area contributed by atoms with Crippen molar-refractivity contribution in [2.45, 2.75) is 25.8 Å². The summed E-state index contributed by atoms with van der Waals surface area (Å²) in [6.07, 6.45) is 0.557. The van der Waals surface area contributed by atoms with Crippen LogP contribution in [-0.4, -0.2) is 17.2 Å². The molecule has 2 aromatic rings. The molecular weight excluding hydrogens is 240 g/mol. The molecule has 1 heterocycles. The fraction of sp³-hybridized carbons (Fsp3) is 0.400. The van der Waals surface area contributed by atoms with Crippen LogP contribution >= 0.6 is 0 Å². The lowest BCUT2D eigenvalue weighted by Gasteiger charge is -2.19. The van der Waals surface area contributed by atoms with Gasteiger partial charge in [-0.25, -0.2) is 0 Å². The van der Waals surface area contributed by atoms with E-state index in [0.717, 1.165) is 22.2 Å². The molecule has 102 valence electrons. The zero-order chi connectivity index (χ0) is 14.2. The number of aryl methyl sites for hydroxylation is 1. The smallest absolute Gasteiger partial charge is 0.254 e. The molecule has 0 spiro atoms. The minimum atomic E-state index is -0.397. The van der Waals surface area contributed by atoms with Gasteiger partial charge in [0.1, 0.15) is 5.75 Å². The van der Waals surface area contributed by atoms with Crippen molar-refractivity contribution in [2.24, 2.45) is 12.8 Å². The molecule has 0 atom stereocenters. The SMILES string of the molecule is COc1ccc2cc(CC(C)(C)N)c(=O)n(C)c2c1. The van der Waals surface area contributed by atoms with Gasteiger partial charge in [-0.3, -0.25) is 4.79 Å². The first-order valence-corrected chi connectivity index (χ1v) is 6.27. The minimum Gasteiger partial charge on any atom is -0.497 e. The Balaban J connectivity index is 2.65. The summed E-state index contributed by atoms with van der Waals surface area (Å²) in [5, 5.41) is 1.02. The molecule has 0 bridgehead atoms. The molecule has 0 aliphatic carbocycles. The van der Waals surface area contributed by atoms with Gasteiger partial charge >= 0.3 is 0 Å². The molecule has 4 nitrogen and oxygen atoms in total. The Morgan fingerprint density at radius 3 is 2.58 bits per heavy atom. The molecule has 0 aliphatic heterocycles. The third kappa shape index (κ3) is 2.79. The molecule has 0 saturated heterocycles. The molecule has 0 aliphatic rings. The molecule has 2 N–H and O–H groups in total. The van der Waals surface area contributed by atoms with Crippen molar-refractivity contribution in [3.63, 3.8) is 0 Å². The standard InChI is InChI=1S/C15H20N2O2/c1-15(2,16)9-11-7-10-5-6-12(19-4)8-13(10)17(3)14(11)18/h5-8H,9,16H2,1-4H3. The maximum absolute atomic E-state index is 12.3. The van der Waals surface area contributed by atoms with Crippen LogP contribution in [0, 0.1) is 0 Å². The van der Waals surface area contributed by atoms with Crippen LogP contribution in [0.15, 0.2) is 29.1 Å². The first-order valence-electron chi connectivity index (χ1n) is 6.27. The molecule has 2 rings (SSSR count). The largest absolute Gasteiger partial charge is 0.497 e. The van der Waals surface area contributed by atoms with Gasteiger partial charge in [-0.1, -0.05) is 0 Å². The number of nitrogens with zero attached hydrogens (tertiary/aromatic N) is 1. The quantitative estimate of drug-likeness (QED) is 0.916. The molecule has 0 radical (unpaired) electrons. The first kappa shape index (κ1) is 13.6. The van der Waals surface area contributed by atoms with Gasteiger partial charge < -0.3 is 15.0 Å². The normalized spacial score (nSPS) is 11.8. The number of nitrogens with two attached hydrogens (primary N) is 1. The van der Waals surface area contributed by atoms with Gasteiger partial charge in [0, 0.05) is 24.2 Å². The number of methoxy groups -OCH3 is 1. The summed E-state index contributed by atoms with van der Waals surface area (Å²) in [6.45, 7) is 3.84. The van der Waals surface area contributed by atoms with Crippen molar-refractivity contribution >= 4 is 10.9 Å². The number of fused-ring (bicyclic) bond motifs is 1. The highest BCUT2D eigenvalue weighted by molar-refractivity contribution is 5.81. The average Bonchev–Trinajstić information content (AvgIpc) is 2.33. The maximum atomic E-state index is 12.3. The van der Waals surface area contributed by atoms with E-state index in [1.807, 2.05) is 38.1 Å². The summed E-state index contributed by atoms with van der Waals surface area (Å²) in [6, 6.07) is 7.64. The van der Waals surface area contributed by atoms with Gasteiger partial charge in [-0.15, -0.1) is 0 Å². The van der Waals surface area contributed by atoms with Crippen LogP contribution in [0.1, 0.15) is 19.4 Å². The van der Waals surface area contributed by atoms with Crippen LogP contribution in [0.25, 0.3) is 10.9 Å². The van der Waals surface area contributed by atoms with Crippen molar-refractivity contribution < 1.29 is 4.74 Å². The van der Waals surface area contributed by atoms with E-state index in [4.69, 9.17) is 10.5 Å². The Morgan fingerprint density at radius 1 is 1.32 bits per heavy atom. The highest BCUT2D eigenvalue weighted by atomic mass is 16.5. The Morgan fingerprint density at radius 2 is 2.00 bits per heavy atom. The lowest BCUT2D eigenvalue weighted by atomic mass is 9.96. The van der Waals surface area contributed by atoms with Gasteiger partial charge in [-0.05, 0) is 43.9 Å². The number of benzene rings is 1.